The number of fused-ring (bicyclic) bond motifs is 1. The summed E-state index contributed by atoms with van der Waals surface area (Å²) in [7, 11) is 0. The third-order valence-electron chi connectivity index (χ3n) is 4.96. The number of carbonyl (C=O) groups excluding carboxylic acids is 2. The maximum atomic E-state index is 12.9. The monoisotopic (exact) mass is 334 g/mol. The first-order valence-corrected chi connectivity index (χ1v) is 8.29. The molecule has 2 aliphatic rings. The average molecular weight is 334 g/mol. The largest absolute Gasteiger partial charge is 0.361 e. The third kappa shape index (κ3) is 2.37. The van der Waals surface area contributed by atoms with E-state index in [0.29, 0.717) is 27.8 Å². The second-order valence-corrected chi connectivity index (χ2v) is 6.68. The third-order valence-corrected chi connectivity index (χ3v) is 4.96. The van der Waals surface area contributed by atoms with Gasteiger partial charge in [-0.15, -0.1) is 0 Å². The molecule has 4 rings (SSSR count). The SMILES string of the molecule is Cc1ccc(C2(O)CC3=C(C(=O)c4ccccc4C3=O)C(C)O2)cc1. The molecule has 0 saturated carbocycles. The molecule has 0 radical (unpaired) electrons. The molecule has 4 nitrogen and oxygen atoms in total. The van der Waals surface area contributed by atoms with Gasteiger partial charge >= 0.3 is 0 Å². The minimum Gasteiger partial charge on any atom is -0.361 e. The lowest BCUT2D eigenvalue weighted by Crippen LogP contribution is -2.43. The molecule has 2 aromatic rings. The highest BCUT2D eigenvalue weighted by molar-refractivity contribution is 6.27. The van der Waals surface area contributed by atoms with E-state index in [1.165, 1.54) is 0 Å². The molecular formula is C21H18O4. The van der Waals surface area contributed by atoms with Crippen molar-refractivity contribution in [1.29, 1.82) is 0 Å². The molecule has 4 heteroatoms. The van der Waals surface area contributed by atoms with Crippen LogP contribution in [0.3, 0.4) is 0 Å². The Labute approximate surface area is 145 Å². The zero-order chi connectivity index (χ0) is 17.8. The summed E-state index contributed by atoms with van der Waals surface area (Å²) in [6.07, 6.45) is -0.700. The summed E-state index contributed by atoms with van der Waals surface area (Å²) < 4.78 is 5.83. The van der Waals surface area contributed by atoms with Crippen molar-refractivity contribution in [2.45, 2.75) is 32.2 Å². The predicted octanol–water partition coefficient (Wildman–Crippen LogP) is 3.32. The molecule has 0 aromatic heterocycles. The summed E-state index contributed by atoms with van der Waals surface area (Å²) in [6, 6.07) is 14.1. The van der Waals surface area contributed by atoms with Crippen LogP contribution in [-0.2, 0) is 10.5 Å². The van der Waals surface area contributed by atoms with Crippen LogP contribution in [0.1, 0.15) is 45.2 Å². The van der Waals surface area contributed by atoms with Crippen LogP contribution in [-0.4, -0.2) is 22.8 Å². The van der Waals surface area contributed by atoms with Crippen molar-refractivity contribution in [3.8, 4) is 0 Å². The van der Waals surface area contributed by atoms with Crippen LogP contribution in [0.2, 0.25) is 0 Å². The Morgan fingerprint density at radius 1 is 1.00 bits per heavy atom. The Hall–Kier alpha value is -2.56. The fourth-order valence-electron chi connectivity index (χ4n) is 3.67. The molecule has 0 amide bonds. The minimum atomic E-state index is -1.62. The maximum Gasteiger partial charge on any atom is 0.197 e. The van der Waals surface area contributed by atoms with Gasteiger partial charge in [0.1, 0.15) is 0 Å². The number of carbonyl (C=O) groups is 2. The molecule has 0 fully saturated rings. The van der Waals surface area contributed by atoms with Crippen molar-refractivity contribution >= 4 is 11.6 Å². The number of aryl methyl sites for hydroxylation is 1. The van der Waals surface area contributed by atoms with E-state index in [9.17, 15) is 14.7 Å². The lowest BCUT2D eigenvalue weighted by Gasteiger charge is -2.39. The Bertz CT molecular complexity index is 923. The fraction of sp³-hybridized carbons (Fsp3) is 0.238. The zero-order valence-electron chi connectivity index (χ0n) is 14.1. The van der Waals surface area contributed by atoms with Gasteiger partial charge in [0.2, 0.25) is 0 Å². The number of Topliss-reactive ketones (excluding diaryl/α,β-unsaturated/α-hetero) is 2. The Morgan fingerprint density at radius 2 is 1.60 bits per heavy atom. The molecule has 1 aliphatic heterocycles. The van der Waals surface area contributed by atoms with Gasteiger partial charge in [-0.25, -0.2) is 0 Å². The van der Waals surface area contributed by atoms with Crippen molar-refractivity contribution in [3.05, 3.63) is 81.9 Å². The second kappa shape index (κ2) is 5.48. The molecule has 126 valence electrons. The smallest absolute Gasteiger partial charge is 0.197 e. The van der Waals surface area contributed by atoms with Crippen molar-refractivity contribution in [2.75, 3.05) is 0 Å². The summed E-state index contributed by atoms with van der Waals surface area (Å²) >= 11 is 0. The van der Waals surface area contributed by atoms with E-state index >= 15 is 0 Å². The Morgan fingerprint density at radius 3 is 2.24 bits per heavy atom. The summed E-state index contributed by atoms with van der Waals surface area (Å²) in [5.41, 5.74) is 3.16. The second-order valence-electron chi connectivity index (χ2n) is 6.68. The Balaban J connectivity index is 1.82. The van der Waals surface area contributed by atoms with E-state index in [-0.39, 0.29) is 18.0 Å². The van der Waals surface area contributed by atoms with Crippen LogP contribution in [0.5, 0.6) is 0 Å². The van der Waals surface area contributed by atoms with E-state index in [1.54, 1.807) is 43.3 Å². The van der Waals surface area contributed by atoms with Gasteiger partial charge in [-0.2, -0.15) is 0 Å². The summed E-state index contributed by atoms with van der Waals surface area (Å²) in [5, 5.41) is 11.1. The molecule has 1 N–H and O–H groups in total. The number of ketones is 2. The van der Waals surface area contributed by atoms with Crippen molar-refractivity contribution in [1.82, 2.24) is 0 Å². The van der Waals surface area contributed by atoms with Crippen molar-refractivity contribution in [3.63, 3.8) is 0 Å². The molecule has 2 atom stereocenters. The summed E-state index contributed by atoms with van der Waals surface area (Å²) in [6.45, 7) is 3.66. The molecule has 0 spiro atoms. The van der Waals surface area contributed by atoms with Gasteiger partial charge in [-0.05, 0) is 13.8 Å². The first-order valence-electron chi connectivity index (χ1n) is 8.29. The van der Waals surface area contributed by atoms with Crippen molar-refractivity contribution < 1.29 is 19.4 Å². The lowest BCUT2D eigenvalue weighted by atomic mass is 9.77. The number of hydrogen-bond donors (Lipinski definition) is 1. The number of hydrogen-bond acceptors (Lipinski definition) is 4. The van der Waals surface area contributed by atoms with E-state index in [0.717, 1.165) is 5.56 Å². The molecule has 0 bridgehead atoms. The van der Waals surface area contributed by atoms with Gasteiger partial charge < -0.3 is 9.84 Å². The first kappa shape index (κ1) is 15.9. The van der Waals surface area contributed by atoms with E-state index in [4.69, 9.17) is 4.74 Å². The maximum absolute atomic E-state index is 12.9. The van der Waals surface area contributed by atoms with Crippen molar-refractivity contribution in [2.24, 2.45) is 0 Å². The first-order chi connectivity index (χ1) is 11.9. The molecule has 25 heavy (non-hydrogen) atoms. The van der Waals surface area contributed by atoms with Crippen LogP contribution in [0, 0.1) is 6.92 Å². The van der Waals surface area contributed by atoms with E-state index in [1.807, 2.05) is 19.1 Å². The molecule has 0 saturated heterocycles. The quantitative estimate of drug-likeness (QED) is 0.869. The highest BCUT2D eigenvalue weighted by atomic mass is 16.6. The number of benzene rings is 2. The number of ether oxygens (including phenoxy) is 1. The zero-order valence-corrected chi connectivity index (χ0v) is 14.1. The topological polar surface area (TPSA) is 63.6 Å². The van der Waals surface area contributed by atoms with Gasteiger partial charge in [-0.3, -0.25) is 9.59 Å². The van der Waals surface area contributed by atoms with Crippen LogP contribution >= 0.6 is 0 Å². The van der Waals surface area contributed by atoms with E-state index in [2.05, 4.69) is 0 Å². The molecule has 1 aliphatic carbocycles. The molecule has 2 unspecified atom stereocenters. The number of aliphatic hydroxyl groups is 1. The van der Waals surface area contributed by atoms with Gasteiger partial charge in [0.05, 0.1) is 6.10 Å². The highest BCUT2D eigenvalue weighted by Gasteiger charge is 2.46. The highest BCUT2D eigenvalue weighted by Crippen LogP contribution is 2.43. The van der Waals surface area contributed by atoms with Crippen LogP contribution < -0.4 is 0 Å². The summed E-state index contributed by atoms with van der Waals surface area (Å²) in [5.74, 6) is -2.01. The van der Waals surface area contributed by atoms with Gasteiger partial charge in [-0.1, -0.05) is 54.1 Å². The van der Waals surface area contributed by atoms with Crippen LogP contribution in [0.25, 0.3) is 0 Å². The molecule has 1 heterocycles. The standard InChI is InChI=1S/C21H18O4/c1-12-7-9-14(10-8-12)21(24)11-17-18(13(2)25-21)20(23)16-6-4-3-5-15(16)19(17)22/h3-10,13,24H,11H2,1-2H3. The fourth-order valence-corrected chi connectivity index (χ4v) is 3.67. The number of rotatable bonds is 1. The lowest BCUT2D eigenvalue weighted by molar-refractivity contribution is -0.233. The predicted molar refractivity (Wildman–Crippen MR) is 92.4 cm³/mol. The van der Waals surface area contributed by atoms with Gasteiger partial charge in [0, 0.05) is 34.3 Å². The molecule has 2 aromatic carbocycles. The average Bonchev–Trinajstić information content (AvgIpc) is 2.59. The normalized spacial score (nSPS) is 25.6. The van der Waals surface area contributed by atoms with E-state index < -0.39 is 11.9 Å². The van der Waals surface area contributed by atoms with Crippen LogP contribution in [0.4, 0.5) is 0 Å². The molecular weight excluding hydrogens is 316 g/mol. The van der Waals surface area contributed by atoms with Crippen LogP contribution in [0.15, 0.2) is 59.7 Å². The summed E-state index contributed by atoms with van der Waals surface area (Å²) in [4.78, 5) is 25.8. The van der Waals surface area contributed by atoms with Gasteiger partial charge in [0.25, 0.3) is 0 Å². The Kier molecular flexibility index (Phi) is 3.49. The minimum absolute atomic E-state index is 0.0331. The van der Waals surface area contributed by atoms with Gasteiger partial charge in [0.15, 0.2) is 17.4 Å².